The molecule has 0 bridgehead atoms. The zero-order valence-electron chi connectivity index (χ0n) is 10.2. The molecule has 2 atom stereocenters. The van der Waals surface area contributed by atoms with Gasteiger partial charge in [-0.25, -0.2) is 5.01 Å². The number of amides is 1. The molecule has 8 N–H and O–H groups in total. The van der Waals surface area contributed by atoms with Gasteiger partial charge in [0.05, 0.1) is 6.10 Å². The normalized spacial score (nSPS) is 15.5. The molecule has 18 heavy (non-hydrogen) atoms. The van der Waals surface area contributed by atoms with E-state index in [1.165, 1.54) is 7.05 Å². The monoisotopic (exact) mass is 284 g/mol. The van der Waals surface area contributed by atoms with E-state index in [0.29, 0.717) is 0 Å². The Labute approximate surface area is 105 Å². The van der Waals surface area contributed by atoms with Crippen LogP contribution in [0.25, 0.3) is 0 Å². The Morgan fingerprint density at radius 1 is 1.50 bits per heavy atom. The van der Waals surface area contributed by atoms with Crippen molar-refractivity contribution in [1.82, 2.24) is 10.4 Å². The maximum atomic E-state index is 11.4. The molecule has 0 saturated carbocycles. The molecule has 0 radical (unpaired) electrons. The highest BCUT2D eigenvalue weighted by molar-refractivity contribution is 7.51. The first-order valence-corrected chi connectivity index (χ1v) is 7.12. The summed E-state index contributed by atoms with van der Waals surface area (Å²) in [6, 6.07) is -0.563. The van der Waals surface area contributed by atoms with Gasteiger partial charge < -0.3 is 26.4 Å². The number of hydrazine groups is 1. The van der Waals surface area contributed by atoms with Crippen molar-refractivity contribution in [3.05, 3.63) is 0 Å². The molecule has 108 valence electrons. The standard InChI is InChI=1S/C8H21N4O5P/c1-12(5-18(15,16)17)11-8(14)3-6(10)2-7(13)4-9/h6-7,13H,2-5,9-10H2,1H3,(H,11,14)(H2,15,16,17)/t6-,7-/m1/s1. The number of aliphatic hydroxyl groups excluding tert-OH is 1. The third-order valence-corrected chi connectivity index (χ3v) is 2.80. The van der Waals surface area contributed by atoms with Crippen LogP contribution in [0.2, 0.25) is 0 Å². The fraction of sp³-hybridized carbons (Fsp3) is 0.875. The first-order valence-electron chi connectivity index (χ1n) is 5.33. The van der Waals surface area contributed by atoms with E-state index in [1.54, 1.807) is 0 Å². The number of aliphatic hydroxyl groups is 1. The number of carbonyl (C=O) groups excluding carboxylic acids is 1. The molecule has 0 aliphatic rings. The van der Waals surface area contributed by atoms with Crippen molar-refractivity contribution in [2.45, 2.75) is 25.0 Å². The third kappa shape index (κ3) is 9.49. The summed E-state index contributed by atoms with van der Waals surface area (Å²) in [5.74, 6) is -0.484. The van der Waals surface area contributed by atoms with Crippen LogP contribution in [0.4, 0.5) is 0 Å². The molecule has 0 aromatic heterocycles. The minimum absolute atomic E-state index is 0.0629. The van der Waals surface area contributed by atoms with Crippen molar-refractivity contribution in [3.8, 4) is 0 Å². The summed E-state index contributed by atoms with van der Waals surface area (Å²) in [6.07, 6.45) is -1.23. The second-order valence-electron chi connectivity index (χ2n) is 4.13. The van der Waals surface area contributed by atoms with E-state index in [2.05, 4.69) is 5.43 Å². The highest BCUT2D eigenvalue weighted by atomic mass is 31.2. The lowest BCUT2D eigenvalue weighted by Gasteiger charge is -2.20. The van der Waals surface area contributed by atoms with Crippen LogP contribution in [-0.4, -0.2) is 57.8 Å². The lowest BCUT2D eigenvalue weighted by Crippen LogP contribution is -2.43. The Morgan fingerprint density at radius 2 is 2.06 bits per heavy atom. The second-order valence-corrected chi connectivity index (χ2v) is 5.74. The fourth-order valence-corrected chi connectivity index (χ4v) is 1.96. The molecule has 0 aromatic carbocycles. The van der Waals surface area contributed by atoms with Gasteiger partial charge in [0, 0.05) is 26.1 Å². The molecule has 1 amide bonds. The summed E-state index contributed by atoms with van der Waals surface area (Å²) in [6.45, 7) is 0.0629. The molecule has 0 unspecified atom stereocenters. The van der Waals surface area contributed by atoms with Gasteiger partial charge in [-0.2, -0.15) is 0 Å². The van der Waals surface area contributed by atoms with E-state index in [9.17, 15) is 14.5 Å². The van der Waals surface area contributed by atoms with Crippen molar-refractivity contribution in [3.63, 3.8) is 0 Å². The molecule has 9 nitrogen and oxygen atoms in total. The van der Waals surface area contributed by atoms with Crippen molar-refractivity contribution >= 4 is 13.5 Å². The summed E-state index contributed by atoms with van der Waals surface area (Å²) in [5, 5.41) is 10.2. The van der Waals surface area contributed by atoms with E-state index in [4.69, 9.17) is 21.3 Å². The fourth-order valence-electron chi connectivity index (χ4n) is 1.34. The Balaban J connectivity index is 4.00. The predicted molar refractivity (Wildman–Crippen MR) is 65.1 cm³/mol. The number of nitrogens with zero attached hydrogens (tertiary/aromatic N) is 1. The van der Waals surface area contributed by atoms with Crippen LogP contribution in [0.3, 0.4) is 0 Å². The maximum Gasteiger partial charge on any atom is 0.341 e. The molecule has 0 aromatic rings. The molecule has 0 fully saturated rings. The molecule has 10 heteroatoms. The van der Waals surface area contributed by atoms with E-state index < -0.39 is 31.9 Å². The van der Waals surface area contributed by atoms with Crippen molar-refractivity contribution in [1.29, 1.82) is 0 Å². The second kappa shape index (κ2) is 7.80. The summed E-state index contributed by atoms with van der Waals surface area (Å²) in [7, 11) is -2.89. The summed E-state index contributed by atoms with van der Waals surface area (Å²) in [5.41, 5.74) is 13.1. The van der Waals surface area contributed by atoms with Crippen LogP contribution in [0.15, 0.2) is 0 Å². The Bertz CT molecular complexity index is 310. The van der Waals surface area contributed by atoms with Crippen molar-refractivity contribution in [2.75, 3.05) is 19.9 Å². The van der Waals surface area contributed by atoms with E-state index in [-0.39, 0.29) is 19.4 Å². The summed E-state index contributed by atoms with van der Waals surface area (Å²) in [4.78, 5) is 28.8. The lowest BCUT2D eigenvalue weighted by molar-refractivity contribution is -0.125. The number of carbonyl (C=O) groups is 1. The molecule has 0 heterocycles. The average Bonchev–Trinajstić information content (AvgIpc) is 2.12. The van der Waals surface area contributed by atoms with Gasteiger partial charge in [-0.3, -0.25) is 14.8 Å². The van der Waals surface area contributed by atoms with Gasteiger partial charge in [0.2, 0.25) is 5.91 Å². The Hall–Kier alpha value is -0.540. The number of rotatable bonds is 8. The molecule has 0 spiro atoms. The van der Waals surface area contributed by atoms with Gasteiger partial charge >= 0.3 is 7.60 Å². The van der Waals surface area contributed by atoms with Crippen LogP contribution in [-0.2, 0) is 9.36 Å². The van der Waals surface area contributed by atoms with Crippen LogP contribution in [0, 0.1) is 0 Å². The smallest absolute Gasteiger partial charge is 0.341 e. The Kier molecular flexibility index (Phi) is 7.56. The van der Waals surface area contributed by atoms with E-state index >= 15 is 0 Å². The minimum atomic E-state index is -4.22. The van der Waals surface area contributed by atoms with E-state index in [0.717, 1.165) is 5.01 Å². The first kappa shape index (κ1) is 17.5. The van der Waals surface area contributed by atoms with Crippen LogP contribution < -0.4 is 16.9 Å². The molecular formula is C8H21N4O5P. The average molecular weight is 284 g/mol. The molecular weight excluding hydrogens is 263 g/mol. The zero-order valence-corrected chi connectivity index (χ0v) is 11.1. The quantitative estimate of drug-likeness (QED) is 0.211. The third-order valence-electron chi connectivity index (χ3n) is 2.01. The van der Waals surface area contributed by atoms with E-state index in [1.807, 2.05) is 0 Å². The zero-order chi connectivity index (χ0) is 14.3. The number of nitrogens with two attached hydrogens (primary N) is 2. The molecule has 0 aliphatic carbocycles. The molecule has 0 rings (SSSR count). The van der Waals surface area contributed by atoms with Gasteiger partial charge in [-0.15, -0.1) is 0 Å². The summed E-state index contributed by atoms with van der Waals surface area (Å²) >= 11 is 0. The predicted octanol–water partition coefficient (Wildman–Crippen LogP) is -2.49. The SMILES string of the molecule is CN(CP(=O)(O)O)NC(=O)C[C@H](N)C[C@@H](O)CN. The van der Waals surface area contributed by atoms with Crippen LogP contribution >= 0.6 is 7.60 Å². The van der Waals surface area contributed by atoms with Gasteiger partial charge in [-0.1, -0.05) is 0 Å². The summed E-state index contributed by atoms with van der Waals surface area (Å²) < 4.78 is 10.7. The first-order chi connectivity index (χ1) is 8.14. The number of hydrogen-bond donors (Lipinski definition) is 6. The molecule has 0 aliphatic heterocycles. The van der Waals surface area contributed by atoms with Gasteiger partial charge in [0.25, 0.3) is 0 Å². The Morgan fingerprint density at radius 3 is 2.50 bits per heavy atom. The largest absolute Gasteiger partial charge is 0.392 e. The van der Waals surface area contributed by atoms with Crippen LogP contribution in [0.1, 0.15) is 12.8 Å². The topological polar surface area (TPSA) is 162 Å². The van der Waals surface area contributed by atoms with Crippen molar-refractivity contribution in [2.24, 2.45) is 11.5 Å². The number of hydrogen-bond acceptors (Lipinski definition) is 6. The van der Waals surface area contributed by atoms with Crippen molar-refractivity contribution < 1.29 is 24.3 Å². The molecule has 0 saturated heterocycles. The highest BCUT2D eigenvalue weighted by Gasteiger charge is 2.19. The minimum Gasteiger partial charge on any atom is -0.392 e. The van der Waals surface area contributed by atoms with Gasteiger partial charge in [0.1, 0.15) is 6.29 Å². The number of nitrogens with one attached hydrogen (secondary N) is 1. The maximum absolute atomic E-state index is 11.4. The van der Waals surface area contributed by atoms with Crippen LogP contribution in [0.5, 0.6) is 0 Å². The highest BCUT2D eigenvalue weighted by Crippen LogP contribution is 2.33. The lowest BCUT2D eigenvalue weighted by atomic mass is 10.1. The van der Waals surface area contributed by atoms with Gasteiger partial charge in [0.15, 0.2) is 0 Å². The van der Waals surface area contributed by atoms with Gasteiger partial charge in [-0.05, 0) is 6.42 Å².